The maximum absolute atomic E-state index is 14.0. The van der Waals surface area contributed by atoms with Gasteiger partial charge in [-0.25, -0.2) is 9.37 Å². The molecule has 2 aromatic rings. The number of methoxy groups -OCH3 is 1. The number of pyridine rings is 1. The number of nitrogens with zero attached hydrogens (tertiary/aromatic N) is 1. The van der Waals surface area contributed by atoms with Crippen molar-refractivity contribution in [2.45, 2.75) is 19.4 Å². The van der Waals surface area contributed by atoms with E-state index in [1.165, 1.54) is 31.5 Å². The van der Waals surface area contributed by atoms with Crippen molar-refractivity contribution in [3.8, 4) is 11.6 Å². The van der Waals surface area contributed by atoms with Gasteiger partial charge in [0, 0.05) is 18.3 Å². The number of halogens is 3. The summed E-state index contributed by atoms with van der Waals surface area (Å²) in [7, 11) is 1.24. The van der Waals surface area contributed by atoms with Crippen LogP contribution in [-0.4, -0.2) is 24.6 Å². The Hall–Kier alpha value is -2.41. The SMILES string of the molecule is COc1ccc(CNC(=O)c2c(Cl)ccnc2OCC2CC2)c(F)c1F. The minimum absolute atomic E-state index is 0.0166. The summed E-state index contributed by atoms with van der Waals surface area (Å²) in [6, 6.07) is 4.10. The normalized spacial score (nSPS) is 13.4. The first-order chi connectivity index (χ1) is 12.5. The standard InChI is InChI=1S/C18H17ClF2N2O3/c1-25-13-5-4-11(15(20)16(13)21)8-23-17(24)14-12(19)6-7-22-18(14)26-9-10-2-3-10/h4-7,10H,2-3,8-9H2,1H3,(H,23,24). The monoisotopic (exact) mass is 382 g/mol. The molecule has 1 aromatic heterocycles. The number of nitrogens with one attached hydrogen (secondary N) is 1. The molecular formula is C18H17ClF2N2O3. The number of benzene rings is 1. The van der Waals surface area contributed by atoms with Crippen molar-refractivity contribution in [1.29, 1.82) is 0 Å². The van der Waals surface area contributed by atoms with E-state index < -0.39 is 17.5 Å². The Labute approximate surface area is 154 Å². The molecule has 1 N–H and O–H groups in total. The van der Waals surface area contributed by atoms with E-state index in [2.05, 4.69) is 10.3 Å². The first-order valence-corrected chi connectivity index (χ1v) is 8.45. The molecule has 26 heavy (non-hydrogen) atoms. The van der Waals surface area contributed by atoms with Crippen LogP contribution in [0.2, 0.25) is 5.02 Å². The lowest BCUT2D eigenvalue weighted by Crippen LogP contribution is -2.25. The number of amides is 1. The first-order valence-electron chi connectivity index (χ1n) is 8.07. The van der Waals surface area contributed by atoms with Crippen LogP contribution in [0, 0.1) is 17.6 Å². The van der Waals surface area contributed by atoms with E-state index in [9.17, 15) is 13.6 Å². The molecule has 0 unspecified atom stereocenters. The molecule has 0 saturated heterocycles. The Kier molecular flexibility index (Phi) is 5.56. The Morgan fingerprint density at radius 1 is 1.31 bits per heavy atom. The number of hydrogen-bond acceptors (Lipinski definition) is 4. The van der Waals surface area contributed by atoms with Gasteiger partial charge in [-0.2, -0.15) is 4.39 Å². The van der Waals surface area contributed by atoms with Crippen LogP contribution in [-0.2, 0) is 6.54 Å². The minimum atomic E-state index is -1.10. The van der Waals surface area contributed by atoms with Crippen molar-refractivity contribution in [1.82, 2.24) is 10.3 Å². The first kappa shape index (κ1) is 18.4. The predicted octanol–water partition coefficient (Wildman–Crippen LogP) is 3.74. The molecule has 1 fully saturated rings. The van der Waals surface area contributed by atoms with Crippen LogP contribution in [0.15, 0.2) is 24.4 Å². The highest BCUT2D eigenvalue weighted by atomic mass is 35.5. The molecule has 8 heteroatoms. The van der Waals surface area contributed by atoms with Crippen molar-refractivity contribution < 1.29 is 23.0 Å². The van der Waals surface area contributed by atoms with Crippen molar-refractivity contribution in [2.75, 3.05) is 13.7 Å². The van der Waals surface area contributed by atoms with Gasteiger partial charge in [0.05, 0.1) is 18.7 Å². The highest BCUT2D eigenvalue weighted by Crippen LogP contribution is 2.31. The highest BCUT2D eigenvalue weighted by molar-refractivity contribution is 6.34. The third-order valence-corrected chi connectivity index (χ3v) is 4.35. The second-order valence-corrected chi connectivity index (χ2v) is 6.37. The Morgan fingerprint density at radius 2 is 2.08 bits per heavy atom. The second kappa shape index (κ2) is 7.86. The number of hydrogen-bond donors (Lipinski definition) is 1. The lowest BCUT2D eigenvalue weighted by molar-refractivity contribution is 0.0945. The van der Waals surface area contributed by atoms with E-state index in [0.717, 1.165) is 12.8 Å². The van der Waals surface area contributed by atoms with Gasteiger partial charge in [-0.15, -0.1) is 0 Å². The van der Waals surface area contributed by atoms with Gasteiger partial charge in [-0.1, -0.05) is 17.7 Å². The largest absolute Gasteiger partial charge is 0.494 e. The summed E-state index contributed by atoms with van der Waals surface area (Å²) in [4.78, 5) is 16.5. The fourth-order valence-electron chi connectivity index (χ4n) is 2.35. The zero-order valence-corrected chi connectivity index (χ0v) is 14.8. The summed E-state index contributed by atoms with van der Waals surface area (Å²) in [6.45, 7) is 0.241. The van der Waals surface area contributed by atoms with Crippen LogP contribution >= 0.6 is 11.6 Å². The maximum Gasteiger partial charge on any atom is 0.258 e. The van der Waals surface area contributed by atoms with E-state index in [1.807, 2.05) is 0 Å². The second-order valence-electron chi connectivity index (χ2n) is 5.96. The molecule has 138 valence electrons. The van der Waals surface area contributed by atoms with Crippen molar-refractivity contribution in [3.05, 3.63) is 52.2 Å². The molecule has 3 rings (SSSR count). The van der Waals surface area contributed by atoms with Crippen molar-refractivity contribution in [3.63, 3.8) is 0 Å². The van der Waals surface area contributed by atoms with E-state index >= 15 is 0 Å². The smallest absolute Gasteiger partial charge is 0.258 e. The third-order valence-electron chi connectivity index (χ3n) is 4.03. The highest BCUT2D eigenvalue weighted by Gasteiger charge is 2.25. The van der Waals surface area contributed by atoms with Gasteiger partial charge in [-0.3, -0.25) is 4.79 Å². The third kappa shape index (κ3) is 4.04. The van der Waals surface area contributed by atoms with E-state index in [4.69, 9.17) is 21.1 Å². The fourth-order valence-corrected chi connectivity index (χ4v) is 2.57. The molecule has 0 atom stereocenters. The summed E-state index contributed by atoms with van der Waals surface area (Å²) in [5, 5.41) is 2.69. The molecule has 0 radical (unpaired) electrons. The van der Waals surface area contributed by atoms with Crippen LogP contribution in [0.1, 0.15) is 28.8 Å². The van der Waals surface area contributed by atoms with Crippen LogP contribution in [0.4, 0.5) is 8.78 Å². The zero-order chi connectivity index (χ0) is 18.7. The van der Waals surface area contributed by atoms with Gasteiger partial charge in [0.15, 0.2) is 11.6 Å². The van der Waals surface area contributed by atoms with Crippen LogP contribution < -0.4 is 14.8 Å². The Bertz CT molecular complexity index is 828. The lowest BCUT2D eigenvalue weighted by atomic mass is 10.1. The quantitative estimate of drug-likeness (QED) is 0.792. The molecule has 1 heterocycles. The molecule has 1 aliphatic rings. The summed E-state index contributed by atoms with van der Waals surface area (Å²) in [6.07, 6.45) is 3.62. The molecule has 5 nitrogen and oxygen atoms in total. The fraction of sp³-hybridized carbons (Fsp3) is 0.333. The lowest BCUT2D eigenvalue weighted by Gasteiger charge is -2.12. The van der Waals surface area contributed by atoms with Gasteiger partial charge in [-0.05, 0) is 30.9 Å². The molecular weight excluding hydrogens is 366 g/mol. The number of carbonyl (C=O) groups is 1. The molecule has 0 spiro atoms. The average Bonchev–Trinajstić information content (AvgIpc) is 3.45. The molecule has 1 amide bonds. The number of ether oxygens (including phenoxy) is 2. The predicted molar refractivity (Wildman–Crippen MR) is 91.5 cm³/mol. The van der Waals surface area contributed by atoms with Gasteiger partial charge >= 0.3 is 0 Å². The molecule has 0 aliphatic heterocycles. The molecule has 1 saturated carbocycles. The maximum atomic E-state index is 14.0. The Balaban J connectivity index is 1.73. The molecule has 1 aromatic carbocycles. The van der Waals surface area contributed by atoms with Crippen molar-refractivity contribution >= 4 is 17.5 Å². The summed E-state index contributed by atoms with van der Waals surface area (Å²) < 4.78 is 38.1. The van der Waals surface area contributed by atoms with Gasteiger partial charge in [0.2, 0.25) is 11.7 Å². The van der Waals surface area contributed by atoms with Crippen LogP contribution in [0.3, 0.4) is 0 Å². The van der Waals surface area contributed by atoms with Gasteiger partial charge in [0.25, 0.3) is 5.91 Å². The number of carbonyl (C=O) groups excluding carboxylic acids is 1. The van der Waals surface area contributed by atoms with Crippen LogP contribution in [0.25, 0.3) is 0 Å². The van der Waals surface area contributed by atoms with E-state index in [-0.39, 0.29) is 34.3 Å². The van der Waals surface area contributed by atoms with E-state index in [1.54, 1.807) is 0 Å². The minimum Gasteiger partial charge on any atom is -0.494 e. The summed E-state index contributed by atoms with van der Waals surface area (Å²) in [5.41, 5.74) is 0.0568. The summed E-state index contributed by atoms with van der Waals surface area (Å²) >= 11 is 6.10. The van der Waals surface area contributed by atoms with Gasteiger partial charge < -0.3 is 14.8 Å². The van der Waals surface area contributed by atoms with Crippen molar-refractivity contribution in [2.24, 2.45) is 5.92 Å². The average molecular weight is 383 g/mol. The molecule has 1 aliphatic carbocycles. The van der Waals surface area contributed by atoms with E-state index in [0.29, 0.717) is 12.5 Å². The summed E-state index contributed by atoms with van der Waals surface area (Å²) in [5.74, 6) is -2.36. The number of aromatic nitrogens is 1. The zero-order valence-electron chi connectivity index (χ0n) is 14.0. The van der Waals surface area contributed by atoms with Gasteiger partial charge in [0.1, 0.15) is 5.56 Å². The number of rotatable bonds is 7. The van der Waals surface area contributed by atoms with Crippen LogP contribution in [0.5, 0.6) is 11.6 Å². The Morgan fingerprint density at radius 3 is 2.77 bits per heavy atom. The molecule has 0 bridgehead atoms. The topological polar surface area (TPSA) is 60.5 Å².